The number of aromatic hydroxyl groups is 1. The maximum Gasteiger partial charge on any atom is 0.333 e. The second kappa shape index (κ2) is 8.70. The van der Waals surface area contributed by atoms with Crippen molar-refractivity contribution in [1.82, 2.24) is 9.13 Å². The van der Waals surface area contributed by atoms with Gasteiger partial charge >= 0.3 is 5.69 Å². The standard InChI is InChI=1S/C20H17Cl2N3O5S/c1-24-18(26)16(19(27)25(2)20(24)28)17(23-13-6-4-3-5-7-13)31(29,30)11-12-8-9-14(21)15(22)10-12/h3-10,26H,11H2,1-2H3. The Labute approximate surface area is 187 Å². The molecule has 2 aromatic carbocycles. The molecule has 0 spiro atoms. The fourth-order valence-electron chi connectivity index (χ4n) is 2.84. The van der Waals surface area contributed by atoms with Gasteiger partial charge in [0.15, 0.2) is 5.04 Å². The minimum Gasteiger partial charge on any atom is -0.494 e. The van der Waals surface area contributed by atoms with Gasteiger partial charge in [-0.15, -0.1) is 0 Å². The highest BCUT2D eigenvalue weighted by atomic mass is 35.5. The third-order valence-corrected chi connectivity index (χ3v) is 6.81. The molecule has 0 saturated carbocycles. The van der Waals surface area contributed by atoms with Crippen molar-refractivity contribution in [2.45, 2.75) is 5.75 Å². The molecule has 0 aliphatic carbocycles. The molecule has 0 radical (unpaired) electrons. The lowest BCUT2D eigenvalue weighted by atomic mass is 10.2. The molecule has 0 unspecified atom stereocenters. The second-order valence-electron chi connectivity index (χ2n) is 6.66. The van der Waals surface area contributed by atoms with E-state index in [1.165, 1.54) is 44.4 Å². The third-order valence-electron chi connectivity index (χ3n) is 4.47. The second-order valence-corrected chi connectivity index (χ2v) is 9.38. The van der Waals surface area contributed by atoms with Crippen molar-refractivity contribution >= 4 is 43.8 Å². The first-order chi connectivity index (χ1) is 14.5. The van der Waals surface area contributed by atoms with Gasteiger partial charge in [-0.3, -0.25) is 13.9 Å². The van der Waals surface area contributed by atoms with Crippen molar-refractivity contribution in [2.24, 2.45) is 19.1 Å². The molecule has 0 atom stereocenters. The number of hydrogen-bond donors (Lipinski definition) is 1. The molecule has 1 N–H and O–H groups in total. The predicted octanol–water partition coefficient (Wildman–Crippen LogP) is 2.79. The topological polar surface area (TPSA) is 111 Å². The Morgan fingerprint density at radius 1 is 1.00 bits per heavy atom. The van der Waals surface area contributed by atoms with Gasteiger partial charge in [-0.2, -0.15) is 0 Å². The van der Waals surface area contributed by atoms with E-state index in [0.29, 0.717) is 10.1 Å². The number of halogens is 2. The van der Waals surface area contributed by atoms with Crippen LogP contribution in [0.25, 0.3) is 0 Å². The Kier molecular flexibility index (Phi) is 6.40. The Bertz CT molecular complexity index is 1410. The van der Waals surface area contributed by atoms with Gasteiger partial charge in [0.25, 0.3) is 5.56 Å². The van der Waals surface area contributed by atoms with Crippen LogP contribution in [0.2, 0.25) is 10.0 Å². The van der Waals surface area contributed by atoms with Crippen LogP contribution >= 0.6 is 23.2 Å². The largest absolute Gasteiger partial charge is 0.494 e. The van der Waals surface area contributed by atoms with E-state index in [0.717, 1.165) is 4.57 Å². The molecular formula is C20H17Cl2N3O5S. The van der Waals surface area contributed by atoms with E-state index < -0.39 is 43.3 Å². The molecule has 1 heterocycles. The molecule has 31 heavy (non-hydrogen) atoms. The molecule has 0 fully saturated rings. The summed E-state index contributed by atoms with van der Waals surface area (Å²) in [6, 6.07) is 12.4. The van der Waals surface area contributed by atoms with Gasteiger partial charge in [-0.25, -0.2) is 18.2 Å². The summed E-state index contributed by atoms with van der Waals surface area (Å²) in [5, 5.41) is 10.3. The first kappa shape index (κ1) is 22.8. The highest BCUT2D eigenvalue weighted by Crippen LogP contribution is 2.26. The SMILES string of the molecule is Cn1c(O)c(C(=Nc2ccccc2)S(=O)(=O)Cc2ccc(Cl)c(Cl)c2)c(=O)n(C)c1=O. The van der Waals surface area contributed by atoms with Crippen molar-refractivity contribution in [3.05, 3.63) is 90.5 Å². The summed E-state index contributed by atoms with van der Waals surface area (Å²) in [6.45, 7) is 0. The molecular weight excluding hydrogens is 465 g/mol. The summed E-state index contributed by atoms with van der Waals surface area (Å²) in [6.07, 6.45) is 0. The highest BCUT2D eigenvalue weighted by Gasteiger charge is 2.30. The maximum atomic E-state index is 13.4. The van der Waals surface area contributed by atoms with Crippen molar-refractivity contribution in [2.75, 3.05) is 0 Å². The number of aliphatic imine (C=N–C) groups is 1. The van der Waals surface area contributed by atoms with Crippen molar-refractivity contribution < 1.29 is 13.5 Å². The predicted molar refractivity (Wildman–Crippen MR) is 120 cm³/mol. The lowest BCUT2D eigenvalue weighted by Crippen LogP contribution is -2.41. The number of sulfone groups is 1. The van der Waals surface area contributed by atoms with E-state index in [9.17, 15) is 23.1 Å². The molecule has 0 amide bonds. The fourth-order valence-corrected chi connectivity index (χ4v) is 4.65. The molecule has 3 rings (SSSR count). The van der Waals surface area contributed by atoms with Crippen LogP contribution in [0.1, 0.15) is 11.1 Å². The molecule has 0 aliphatic heterocycles. The van der Waals surface area contributed by atoms with Gasteiger partial charge < -0.3 is 5.11 Å². The summed E-state index contributed by atoms with van der Waals surface area (Å²) in [7, 11) is -1.89. The first-order valence-electron chi connectivity index (χ1n) is 8.82. The molecule has 11 heteroatoms. The Hall–Kier alpha value is -2.88. The fraction of sp³-hybridized carbons (Fsp3) is 0.150. The van der Waals surface area contributed by atoms with Crippen LogP contribution in [0.4, 0.5) is 5.69 Å². The molecule has 0 aliphatic rings. The van der Waals surface area contributed by atoms with Crippen LogP contribution in [-0.4, -0.2) is 27.7 Å². The summed E-state index contributed by atoms with van der Waals surface area (Å²) in [5.41, 5.74) is -1.87. The summed E-state index contributed by atoms with van der Waals surface area (Å²) >= 11 is 11.9. The normalized spacial score (nSPS) is 12.2. The van der Waals surface area contributed by atoms with Crippen LogP contribution in [0.3, 0.4) is 0 Å². The number of aromatic nitrogens is 2. The highest BCUT2D eigenvalue weighted by molar-refractivity contribution is 8.06. The summed E-state index contributed by atoms with van der Waals surface area (Å²) < 4.78 is 28.2. The van der Waals surface area contributed by atoms with E-state index in [1.807, 2.05) is 0 Å². The van der Waals surface area contributed by atoms with Crippen LogP contribution in [-0.2, 0) is 29.7 Å². The van der Waals surface area contributed by atoms with Crippen LogP contribution < -0.4 is 11.2 Å². The van der Waals surface area contributed by atoms with E-state index in [-0.39, 0.29) is 15.7 Å². The lowest BCUT2D eigenvalue weighted by molar-refractivity contribution is 0.410. The zero-order valence-corrected chi connectivity index (χ0v) is 18.7. The van der Waals surface area contributed by atoms with Gasteiger partial charge in [0, 0.05) is 14.1 Å². The van der Waals surface area contributed by atoms with Crippen LogP contribution in [0.15, 0.2) is 63.1 Å². The molecule has 8 nitrogen and oxygen atoms in total. The van der Waals surface area contributed by atoms with Gasteiger partial charge in [0.1, 0.15) is 5.56 Å². The minimum absolute atomic E-state index is 0.164. The first-order valence-corrected chi connectivity index (χ1v) is 11.2. The number of benzene rings is 2. The Morgan fingerprint density at radius 3 is 2.26 bits per heavy atom. The zero-order chi connectivity index (χ0) is 22.9. The van der Waals surface area contributed by atoms with E-state index in [4.69, 9.17) is 23.2 Å². The summed E-state index contributed by atoms with van der Waals surface area (Å²) in [4.78, 5) is 29.1. The number of hydrogen-bond acceptors (Lipinski definition) is 6. The maximum absolute atomic E-state index is 13.4. The Balaban J connectivity index is 2.29. The molecule has 3 aromatic rings. The minimum atomic E-state index is -4.29. The van der Waals surface area contributed by atoms with E-state index in [2.05, 4.69) is 4.99 Å². The monoisotopic (exact) mass is 481 g/mol. The molecule has 0 bridgehead atoms. The van der Waals surface area contributed by atoms with Gasteiger partial charge in [-0.05, 0) is 29.8 Å². The van der Waals surface area contributed by atoms with Gasteiger partial charge in [0.05, 0.1) is 21.5 Å². The van der Waals surface area contributed by atoms with E-state index in [1.54, 1.807) is 18.2 Å². The summed E-state index contributed by atoms with van der Waals surface area (Å²) in [5.74, 6) is -1.37. The number of rotatable bonds is 4. The van der Waals surface area contributed by atoms with Crippen molar-refractivity contribution in [3.63, 3.8) is 0 Å². The number of para-hydroxylation sites is 1. The molecule has 0 saturated heterocycles. The van der Waals surface area contributed by atoms with Crippen molar-refractivity contribution in [3.8, 4) is 5.88 Å². The smallest absolute Gasteiger partial charge is 0.333 e. The lowest BCUT2D eigenvalue weighted by Gasteiger charge is -2.13. The van der Waals surface area contributed by atoms with Crippen molar-refractivity contribution in [1.29, 1.82) is 0 Å². The van der Waals surface area contributed by atoms with Crippen LogP contribution in [0, 0.1) is 0 Å². The van der Waals surface area contributed by atoms with Gasteiger partial charge in [-0.1, -0.05) is 47.5 Å². The number of nitrogens with zero attached hydrogens (tertiary/aromatic N) is 3. The Morgan fingerprint density at radius 2 is 1.65 bits per heavy atom. The average molecular weight is 482 g/mol. The molecule has 1 aromatic heterocycles. The zero-order valence-electron chi connectivity index (χ0n) is 16.4. The average Bonchev–Trinajstić information content (AvgIpc) is 2.73. The van der Waals surface area contributed by atoms with Crippen LogP contribution in [0.5, 0.6) is 5.88 Å². The van der Waals surface area contributed by atoms with E-state index >= 15 is 0 Å². The third kappa shape index (κ3) is 4.58. The quantitative estimate of drug-likeness (QED) is 0.454. The molecule has 162 valence electrons. The van der Waals surface area contributed by atoms with Gasteiger partial charge in [0.2, 0.25) is 15.7 Å².